The quantitative estimate of drug-likeness (QED) is 0.599. The zero-order valence-corrected chi connectivity index (χ0v) is 19.6. The molecule has 2 amide bonds. The fourth-order valence-electron chi connectivity index (χ4n) is 4.84. The van der Waals surface area contributed by atoms with E-state index in [0.29, 0.717) is 18.3 Å². The van der Waals surface area contributed by atoms with Crippen LogP contribution in [0.15, 0.2) is 42.5 Å². The highest BCUT2D eigenvalue weighted by molar-refractivity contribution is 6.02. The number of hydrogen-bond donors (Lipinski definition) is 2. The molecule has 0 bridgehead atoms. The number of alkyl halides is 3. The first-order valence-corrected chi connectivity index (χ1v) is 12.3. The number of nitrogens with one attached hydrogen (secondary N) is 2. The number of hydrogen-bond acceptors (Lipinski definition) is 4. The van der Waals surface area contributed by atoms with E-state index < -0.39 is 17.8 Å². The fourth-order valence-corrected chi connectivity index (χ4v) is 4.84. The second-order valence-electron chi connectivity index (χ2n) is 9.45. The first-order valence-electron chi connectivity index (χ1n) is 12.3. The Morgan fingerprint density at radius 1 is 0.971 bits per heavy atom. The van der Waals surface area contributed by atoms with Gasteiger partial charge in [0.2, 0.25) is 5.91 Å². The van der Waals surface area contributed by atoms with Crippen molar-refractivity contribution in [3.05, 3.63) is 59.4 Å². The number of carbonyl (C=O) groups excluding carboxylic acids is 2. The summed E-state index contributed by atoms with van der Waals surface area (Å²) in [6.45, 7) is 2.30. The Bertz CT molecular complexity index is 1030. The number of anilines is 1. The Labute approximate surface area is 203 Å². The Hall–Kier alpha value is -2.94. The molecule has 0 unspecified atom stereocenters. The first-order chi connectivity index (χ1) is 16.8. The predicted octanol–water partition coefficient (Wildman–Crippen LogP) is 5.01. The van der Waals surface area contributed by atoms with Gasteiger partial charge in [-0.2, -0.15) is 13.2 Å². The fraction of sp³-hybridized carbons (Fsp3) is 0.500. The topological polar surface area (TPSA) is 74.3 Å². The van der Waals surface area contributed by atoms with Crippen molar-refractivity contribution >= 4 is 17.5 Å². The summed E-state index contributed by atoms with van der Waals surface area (Å²) in [6, 6.07) is 10.8. The minimum absolute atomic E-state index is 0.0544. The average molecular weight is 489 g/mol. The van der Waals surface area contributed by atoms with Crippen molar-refractivity contribution in [3.8, 4) is 0 Å². The highest BCUT2D eigenvalue weighted by atomic mass is 19.4. The van der Waals surface area contributed by atoms with Gasteiger partial charge in [-0.05, 0) is 68.6 Å². The monoisotopic (exact) mass is 488 g/mol. The summed E-state index contributed by atoms with van der Waals surface area (Å²) in [5, 5.41) is 5.87. The van der Waals surface area contributed by atoms with Crippen molar-refractivity contribution in [1.82, 2.24) is 15.2 Å². The molecule has 0 atom stereocenters. The smallest absolute Gasteiger partial charge is 0.353 e. The van der Waals surface area contributed by atoms with Crippen LogP contribution in [0.3, 0.4) is 0 Å². The van der Waals surface area contributed by atoms with Crippen LogP contribution in [0.5, 0.6) is 0 Å². The molecule has 1 aliphatic carbocycles. The van der Waals surface area contributed by atoms with Gasteiger partial charge < -0.3 is 10.6 Å². The Balaban J connectivity index is 1.28. The van der Waals surface area contributed by atoms with Crippen molar-refractivity contribution in [2.75, 3.05) is 18.4 Å². The van der Waals surface area contributed by atoms with Crippen molar-refractivity contribution in [3.63, 3.8) is 0 Å². The van der Waals surface area contributed by atoms with Gasteiger partial charge in [0.05, 0.1) is 0 Å². The maximum atomic E-state index is 12.9. The number of amides is 2. The molecule has 6 nitrogen and oxygen atoms in total. The summed E-state index contributed by atoms with van der Waals surface area (Å²) < 4.78 is 38.7. The Morgan fingerprint density at radius 3 is 2.40 bits per heavy atom. The van der Waals surface area contributed by atoms with Crippen molar-refractivity contribution < 1.29 is 22.8 Å². The lowest BCUT2D eigenvalue weighted by atomic mass is 9.92. The molecule has 1 aliphatic heterocycles. The van der Waals surface area contributed by atoms with E-state index in [0.717, 1.165) is 50.4 Å². The van der Waals surface area contributed by atoms with Gasteiger partial charge in [0, 0.05) is 24.2 Å². The van der Waals surface area contributed by atoms with Crippen LogP contribution in [-0.4, -0.2) is 40.8 Å². The molecule has 2 aliphatic rings. The van der Waals surface area contributed by atoms with Crippen LogP contribution in [0.2, 0.25) is 0 Å². The SMILES string of the molecule is O=C(Nc1cccc(CN2CCC(C(=O)NC3CCCCC3)CC2)c1)c1cccc(C(F)(F)F)n1. The number of piperidine rings is 1. The number of pyridine rings is 1. The molecule has 0 radical (unpaired) electrons. The third kappa shape index (κ3) is 7.04. The van der Waals surface area contributed by atoms with Crippen molar-refractivity contribution in [2.24, 2.45) is 5.92 Å². The van der Waals surface area contributed by atoms with Gasteiger partial charge in [-0.25, -0.2) is 4.98 Å². The highest BCUT2D eigenvalue weighted by Crippen LogP contribution is 2.27. The third-order valence-electron chi connectivity index (χ3n) is 6.77. The van der Waals surface area contributed by atoms with E-state index in [1.807, 2.05) is 12.1 Å². The molecule has 4 rings (SSSR count). The van der Waals surface area contributed by atoms with E-state index in [1.165, 1.54) is 31.4 Å². The van der Waals surface area contributed by atoms with Crippen LogP contribution in [0.4, 0.5) is 18.9 Å². The third-order valence-corrected chi connectivity index (χ3v) is 6.77. The normalized spacial score (nSPS) is 18.3. The lowest BCUT2D eigenvalue weighted by Crippen LogP contribution is -2.44. The number of carbonyl (C=O) groups is 2. The molecule has 2 heterocycles. The molecule has 2 N–H and O–H groups in total. The maximum Gasteiger partial charge on any atom is 0.433 e. The van der Waals surface area contributed by atoms with Gasteiger partial charge in [-0.15, -0.1) is 0 Å². The van der Waals surface area contributed by atoms with Crippen LogP contribution < -0.4 is 10.6 Å². The molecule has 2 aromatic rings. The standard InChI is InChI=1S/C26H31F3N4O2/c27-26(28,29)23-11-5-10-22(32-23)25(35)31-21-9-4-6-18(16-21)17-33-14-12-19(13-15-33)24(34)30-20-7-2-1-3-8-20/h4-6,9-11,16,19-20H,1-3,7-8,12-15,17H2,(H,30,34)(H,31,35). The van der Waals surface area contributed by atoms with Gasteiger partial charge in [-0.1, -0.05) is 37.5 Å². The summed E-state index contributed by atoms with van der Waals surface area (Å²) in [5.74, 6) is -0.457. The summed E-state index contributed by atoms with van der Waals surface area (Å²) >= 11 is 0. The number of nitrogens with zero attached hydrogens (tertiary/aromatic N) is 2. The zero-order valence-electron chi connectivity index (χ0n) is 19.6. The van der Waals surface area contributed by atoms with Crippen molar-refractivity contribution in [2.45, 2.75) is 63.7 Å². The van der Waals surface area contributed by atoms with E-state index in [-0.39, 0.29) is 17.5 Å². The van der Waals surface area contributed by atoms with Crippen LogP contribution in [0.1, 0.15) is 66.7 Å². The molecule has 1 aromatic heterocycles. The molecule has 9 heteroatoms. The molecule has 1 saturated carbocycles. The molecular formula is C26H31F3N4O2. The van der Waals surface area contributed by atoms with E-state index in [1.54, 1.807) is 12.1 Å². The molecule has 2 fully saturated rings. The maximum absolute atomic E-state index is 12.9. The van der Waals surface area contributed by atoms with E-state index in [4.69, 9.17) is 0 Å². The van der Waals surface area contributed by atoms with Crippen molar-refractivity contribution in [1.29, 1.82) is 0 Å². The number of halogens is 3. The number of benzene rings is 1. The Morgan fingerprint density at radius 2 is 1.69 bits per heavy atom. The number of rotatable bonds is 6. The minimum atomic E-state index is -4.61. The lowest BCUT2D eigenvalue weighted by molar-refractivity contribution is -0.141. The largest absolute Gasteiger partial charge is 0.433 e. The van der Waals surface area contributed by atoms with Crippen LogP contribution in [-0.2, 0) is 17.5 Å². The van der Waals surface area contributed by atoms with Gasteiger partial charge in [0.15, 0.2) is 0 Å². The van der Waals surface area contributed by atoms with Gasteiger partial charge in [0.1, 0.15) is 11.4 Å². The first kappa shape index (κ1) is 25.2. The lowest BCUT2D eigenvalue weighted by Gasteiger charge is -2.32. The minimum Gasteiger partial charge on any atom is -0.353 e. The van der Waals surface area contributed by atoms with Crippen LogP contribution in [0, 0.1) is 5.92 Å². The van der Waals surface area contributed by atoms with E-state index >= 15 is 0 Å². The zero-order chi connectivity index (χ0) is 24.8. The molecular weight excluding hydrogens is 457 g/mol. The predicted molar refractivity (Wildman–Crippen MR) is 127 cm³/mol. The highest BCUT2D eigenvalue weighted by Gasteiger charge is 2.33. The van der Waals surface area contributed by atoms with Crippen LogP contribution >= 0.6 is 0 Å². The second-order valence-corrected chi connectivity index (χ2v) is 9.45. The van der Waals surface area contributed by atoms with Gasteiger partial charge in [0.25, 0.3) is 5.91 Å². The summed E-state index contributed by atoms with van der Waals surface area (Å²) in [7, 11) is 0. The number of aromatic nitrogens is 1. The molecule has 1 saturated heterocycles. The summed E-state index contributed by atoms with van der Waals surface area (Å²) in [5.41, 5.74) is 0.0758. The molecule has 0 spiro atoms. The number of likely N-dealkylation sites (tertiary alicyclic amines) is 1. The van der Waals surface area contributed by atoms with Gasteiger partial charge >= 0.3 is 6.18 Å². The summed E-state index contributed by atoms with van der Waals surface area (Å²) in [4.78, 5) is 30.8. The second kappa shape index (κ2) is 11.2. The molecule has 35 heavy (non-hydrogen) atoms. The van der Waals surface area contributed by atoms with E-state index in [2.05, 4.69) is 20.5 Å². The average Bonchev–Trinajstić information content (AvgIpc) is 2.85. The van der Waals surface area contributed by atoms with E-state index in [9.17, 15) is 22.8 Å². The Kier molecular flexibility index (Phi) is 8.05. The molecule has 188 valence electrons. The van der Waals surface area contributed by atoms with Crippen LogP contribution in [0.25, 0.3) is 0 Å². The van der Waals surface area contributed by atoms with Gasteiger partial charge in [-0.3, -0.25) is 14.5 Å². The molecule has 1 aromatic carbocycles. The summed E-state index contributed by atoms with van der Waals surface area (Å²) in [6.07, 6.45) is 2.84.